The number of nitrogens with zero attached hydrogens (tertiary/aromatic N) is 3. The second-order valence-corrected chi connectivity index (χ2v) is 14.3. The number of furan rings is 1. The van der Waals surface area contributed by atoms with Gasteiger partial charge < -0.3 is 9.15 Å². The van der Waals surface area contributed by atoms with Crippen molar-refractivity contribution in [2.75, 3.05) is 0 Å². The number of para-hydroxylation sites is 3. The fourth-order valence-corrected chi connectivity index (χ4v) is 8.04. The molecule has 268 valence electrons. The van der Waals surface area contributed by atoms with Crippen LogP contribution in [0.4, 0.5) is 0 Å². The SMILES string of the molecule is c1ccc(-c2ccc(-c3nc(-c4ccc(-c5cccc6c5-c5ccccc5OC6)cc4)nc(-c4cccc(-c5cccc6c5oc5ccccc56)c4)n3)cc2)cc1. The fourth-order valence-electron chi connectivity index (χ4n) is 8.04. The van der Waals surface area contributed by atoms with Gasteiger partial charge in [0.15, 0.2) is 17.5 Å². The van der Waals surface area contributed by atoms with Gasteiger partial charge in [-0.1, -0.05) is 170 Å². The summed E-state index contributed by atoms with van der Waals surface area (Å²) in [6, 6.07) is 65.0. The molecule has 0 spiro atoms. The normalized spacial score (nSPS) is 11.9. The Morgan fingerprint density at radius 3 is 1.72 bits per heavy atom. The molecular formula is C52H33N3O2. The molecule has 11 rings (SSSR count). The van der Waals surface area contributed by atoms with Gasteiger partial charge in [-0.15, -0.1) is 0 Å². The average Bonchev–Trinajstić information content (AvgIpc) is 3.68. The van der Waals surface area contributed by atoms with Crippen LogP contribution in [0, 0.1) is 0 Å². The zero-order valence-electron chi connectivity index (χ0n) is 30.8. The van der Waals surface area contributed by atoms with Crippen LogP contribution >= 0.6 is 0 Å². The van der Waals surface area contributed by atoms with Crippen molar-refractivity contribution in [2.45, 2.75) is 6.61 Å². The van der Waals surface area contributed by atoms with E-state index in [2.05, 4.69) is 152 Å². The summed E-state index contributed by atoms with van der Waals surface area (Å²) in [6.07, 6.45) is 0. The number of rotatable bonds is 6. The number of aromatic nitrogens is 3. The van der Waals surface area contributed by atoms with Crippen molar-refractivity contribution in [3.05, 3.63) is 194 Å². The van der Waals surface area contributed by atoms with Gasteiger partial charge in [-0.2, -0.15) is 0 Å². The van der Waals surface area contributed by atoms with Gasteiger partial charge >= 0.3 is 0 Å². The van der Waals surface area contributed by atoms with Crippen LogP contribution in [0.1, 0.15) is 5.56 Å². The number of hydrogen-bond donors (Lipinski definition) is 0. The minimum Gasteiger partial charge on any atom is -0.488 e. The summed E-state index contributed by atoms with van der Waals surface area (Å²) >= 11 is 0. The summed E-state index contributed by atoms with van der Waals surface area (Å²) < 4.78 is 12.5. The Bertz CT molecular complexity index is 3110. The minimum absolute atomic E-state index is 0.551. The molecule has 57 heavy (non-hydrogen) atoms. The van der Waals surface area contributed by atoms with Crippen LogP contribution < -0.4 is 4.74 Å². The Morgan fingerprint density at radius 1 is 0.368 bits per heavy atom. The van der Waals surface area contributed by atoms with E-state index in [1.807, 2.05) is 36.4 Å². The lowest BCUT2D eigenvalue weighted by atomic mass is 9.89. The summed E-state index contributed by atoms with van der Waals surface area (Å²) in [6.45, 7) is 0.551. The summed E-state index contributed by atoms with van der Waals surface area (Å²) in [5, 5.41) is 2.20. The van der Waals surface area contributed by atoms with Crippen LogP contribution in [0.2, 0.25) is 0 Å². The molecule has 1 aliphatic heterocycles. The van der Waals surface area contributed by atoms with E-state index in [4.69, 9.17) is 24.1 Å². The van der Waals surface area contributed by atoms with E-state index in [9.17, 15) is 0 Å². The maximum atomic E-state index is 6.42. The van der Waals surface area contributed by atoms with E-state index in [-0.39, 0.29) is 0 Å². The van der Waals surface area contributed by atoms with Crippen molar-refractivity contribution in [1.82, 2.24) is 15.0 Å². The molecule has 0 unspecified atom stereocenters. The van der Waals surface area contributed by atoms with Gasteiger partial charge in [0.2, 0.25) is 0 Å². The molecule has 0 saturated heterocycles. The van der Waals surface area contributed by atoms with E-state index < -0.39 is 0 Å². The smallest absolute Gasteiger partial charge is 0.164 e. The van der Waals surface area contributed by atoms with E-state index in [0.29, 0.717) is 24.1 Å². The van der Waals surface area contributed by atoms with Crippen LogP contribution in [0.3, 0.4) is 0 Å². The third-order valence-electron chi connectivity index (χ3n) is 10.9. The van der Waals surface area contributed by atoms with Crippen LogP contribution in [-0.2, 0) is 6.61 Å². The Hall–Kier alpha value is -7.63. The first-order chi connectivity index (χ1) is 28.2. The van der Waals surface area contributed by atoms with E-state index in [0.717, 1.165) is 77.8 Å². The molecule has 0 amide bonds. The molecule has 0 bridgehead atoms. The highest BCUT2D eigenvalue weighted by Gasteiger charge is 2.21. The number of benzene rings is 8. The van der Waals surface area contributed by atoms with Gasteiger partial charge in [0.05, 0.1) is 0 Å². The predicted molar refractivity (Wildman–Crippen MR) is 229 cm³/mol. The molecule has 0 atom stereocenters. The van der Waals surface area contributed by atoms with Crippen LogP contribution in [0.25, 0.3) is 101 Å². The Kier molecular flexibility index (Phi) is 7.81. The summed E-state index contributed by atoms with van der Waals surface area (Å²) in [7, 11) is 0. The lowest BCUT2D eigenvalue weighted by molar-refractivity contribution is 0.302. The molecule has 5 nitrogen and oxygen atoms in total. The van der Waals surface area contributed by atoms with Crippen molar-refractivity contribution >= 4 is 21.9 Å². The zero-order valence-corrected chi connectivity index (χ0v) is 30.8. The highest BCUT2D eigenvalue weighted by molar-refractivity contribution is 6.09. The second kappa shape index (κ2) is 13.6. The van der Waals surface area contributed by atoms with Gasteiger partial charge in [0.1, 0.15) is 23.5 Å². The number of ether oxygens (including phenoxy) is 1. The van der Waals surface area contributed by atoms with Crippen LogP contribution in [0.5, 0.6) is 5.75 Å². The largest absolute Gasteiger partial charge is 0.488 e. The highest BCUT2D eigenvalue weighted by Crippen LogP contribution is 2.43. The third-order valence-corrected chi connectivity index (χ3v) is 10.9. The van der Waals surface area contributed by atoms with Crippen LogP contribution in [-0.4, -0.2) is 15.0 Å². The molecule has 2 aromatic heterocycles. The fraction of sp³-hybridized carbons (Fsp3) is 0.0192. The van der Waals surface area contributed by atoms with E-state index in [1.165, 1.54) is 16.7 Å². The highest BCUT2D eigenvalue weighted by atomic mass is 16.5. The maximum absolute atomic E-state index is 6.42. The van der Waals surface area contributed by atoms with E-state index in [1.54, 1.807) is 0 Å². The Morgan fingerprint density at radius 2 is 0.912 bits per heavy atom. The molecule has 0 radical (unpaired) electrons. The molecule has 0 fully saturated rings. The van der Waals surface area contributed by atoms with Gasteiger partial charge in [0.25, 0.3) is 0 Å². The molecule has 0 aliphatic carbocycles. The van der Waals surface area contributed by atoms with Gasteiger partial charge in [-0.05, 0) is 57.1 Å². The first-order valence-electron chi connectivity index (χ1n) is 19.1. The van der Waals surface area contributed by atoms with Crippen molar-refractivity contribution in [2.24, 2.45) is 0 Å². The molecule has 10 aromatic rings. The Balaban J connectivity index is 1.02. The third kappa shape index (κ3) is 5.85. The van der Waals surface area contributed by atoms with Gasteiger partial charge in [-0.3, -0.25) is 0 Å². The van der Waals surface area contributed by atoms with Crippen molar-refractivity contribution in [3.8, 4) is 84.4 Å². The molecule has 0 N–H and O–H groups in total. The van der Waals surface area contributed by atoms with E-state index >= 15 is 0 Å². The molecule has 3 heterocycles. The first kappa shape index (κ1) is 32.8. The summed E-state index contributed by atoms with van der Waals surface area (Å²) in [4.78, 5) is 15.3. The molecule has 8 aromatic carbocycles. The van der Waals surface area contributed by atoms with Crippen molar-refractivity contribution < 1.29 is 9.15 Å². The summed E-state index contributed by atoms with van der Waals surface area (Å²) in [5.41, 5.74) is 14.6. The molecule has 1 aliphatic rings. The number of fused-ring (bicyclic) bond motifs is 6. The molecule has 5 heteroatoms. The summed E-state index contributed by atoms with van der Waals surface area (Å²) in [5.74, 6) is 2.72. The second-order valence-electron chi connectivity index (χ2n) is 14.3. The monoisotopic (exact) mass is 731 g/mol. The average molecular weight is 732 g/mol. The van der Waals surface area contributed by atoms with Crippen molar-refractivity contribution in [3.63, 3.8) is 0 Å². The standard InChI is InChI=1S/C52H33N3O2/c1-2-11-33(12-3-1)34-23-27-36(28-24-34)50-53-51(37-29-25-35(26-30-37)41-18-9-15-40-32-56-46-21-6-5-17-45(46)48(40)41)55-52(54-50)39-14-8-13-38(31-39)42-19-10-20-44-43-16-4-7-22-47(43)57-49(42)44/h1-31H,32H2. The molecule has 0 saturated carbocycles. The van der Waals surface area contributed by atoms with Gasteiger partial charge in [-0.25, -0.2) is 15.0 Å². The maximum Gasteiger partial charge on any atom is 0.164 e. The van der Waals surface area contributed by atoms with Gasteiger partial charge in [0, 0.05) is 38.6 Å². The number of hydrogen-bond acceptors (Lipinski definition) is 5. The quantitative estimate of drug-likeness (QED) is 0.170. The van der Waals surface area contributed by atoms with Crippen molar-refractivity contribution in [1.29, 1.82) is 0 Å². The molecular weight excluding hydrogens is 699 g/mol. The zero-order chi connectivity index (χ0) is 37.7. The van der Waals surface area contributed by atoms with Crippen LogP contribution in [0.15, 0.2) is 192 Å². The first-order valence-corrected chi connectivity index (χ1v) is 19.1. The topological polar surface area (TPSA) is 61.0 Å². The minimum atomic E-state index is 0.551. The predicted octanol–water partition coefficient (Wildman–Crippen LogP) is 13.3. The lowest BCUT2D eigenvalue weighted by Crippen LogP contribution is -2.06. The Labute approximate surface area is 329 Å². The lowest BCUT2D eigenvalue weighted by Gasteiger charge is -2.23.